The Hall–Kier alpha value is -3.72. The summed E-state index contributed by atoms with van der Waals surface area (Å²) >= 11 is 0. The predicted octanol–water partition coefficient (Wildman–Crippen LogP) is 4.71. The van der Waals surface area contributed by atoms with E-state index in [-0.39, 0.29) is 18.9 Å². The van der Waals surface area contributed by atoms with E-state index in [1.54, 1.807) is 24.3 Å². The molecule has 0 unspecified atom stereocenters. The number of amides is 2. The van der Waals surface area contributed by atoms with E-state index in [0.717, 1.165) is 28.1 Å². The summed E-state index contributed by atoms with van der Waals surface area (Å²) in [7, 11) is -3.84. The molecule has 7 nitrogen and oxygen atoms in total. The quantitative estimate of drug-likeness (QED) is 0.364. The molecule has 9 heteroatoms. The predicted molar refractivity (Wildman–Crippen MR) is 157 cm³/mol. The number of hydrogen-bond donors (Lipinski definition) is 1. The Morgan fingerprint density at radius 3 is 1.98 bits per heavy atom. The van der Waals surface area contributed by atoms with Gasteiger partial charge in [-0.2, -0.15) is 0 Å². The van der Waals surface area contributed by atoms with E-state index in [0.29, 0.717) is 11.3 Å². The molecule has 214 valence electrons. The molecule has 2 amide bonds. The van der Waals surface area contributed by atoms with Crippen molar-refractivity contribution < 1.29 is 22.4 Å². The van der Waals surface area contributed by atoms with Crippen LogP contribution in [0.4, 0.5) is 10.1 Å². The van der Waals surface area contributed by atoms with Crippen LogP contribution < -0.4 is 9.62 Å². The second-order valence-corrected chi connectivity index (χ2v) is 12.8. The van der Waals surface area contributed by atoms with Crippen molar-refractivity contribution >= 4 is 27.5 Å². The summed E-state index contributed by atoms with van der Waals surface area (Å²) in [6.07, 6.45) is 2.04. The van der Waals surface area contributed by atoms with Crippen LogP contribution >= 0.6 is 0 Å². The zero-order valence-electron chi connectivity index (χ0n) is 23.7. The summed E-state index contributed by atoms with van der Waals surface area (Å²) in [4.78, 5) is 29.1. The zero-order chi connectivity index (χ0) is 29.5. The molecule has 0 aliphatic carbocycles. The number of nitrogens with one attached hydrogen (secondary N) is 1. The minimum Gasteiger partial charge on any atom is -0.350 e. The van der Waals surface area contributed by atoms with Gasteiger partial charge in [0, 0.05) is 18.5 Å². The lowest BCUT2D eigenvalue weighted by molar-refractivity contribution is -0.140. The Bertz CT molecular complexity index is 1390. The van der Waals surface area contributed by atoms with Gasteiger partial charge in [-0.25, -0.2) is 12.8 Å². The van der Waals surface area contributed by atoms with Gasteiger partial charge in [0.2, 0.25) is 21.8 Å². The average molecular weight is 568 g/mol. The lowest BCUT2D eigenvalue weighted by atomic mass is 10.0. The van der Waals surface area contributed by atoms with E-state index in [4.69, 9.17) is 0 Å². The lowest BCUT2D eigenvalue weighted by Gasteiger charge is -2.35. The van der Waals surface area contributed by atoms with Crippen LogP contribution in [-0.2, 0) is 39.0 Å². The molecule has 0 heterocycles. The summed E-state index contributed by atoms with van der Waals surface area (Å²) in [5, 5.41) is 2.97. The summed E-state index contributed by atoms with van der Waals surface area (Å²) < 4.78 is 40.4. The largest absolute Gasteiger partial charge is 0.350 e. The Kier molecular flexibility index (Phi) is 10.1. The Balaban J connectivity index is 2.05. The molecule has 0 radical (unpaired) electrons. The fourth-order valence-corrected chi connectivity index (χ4v) is 5.15. The first-order valence-electron chi connectivity index (χ1n) is 13.2. The molecule has 1 atom stereocenters. The van der Waals surface area contributed by atoms with E-state index in [9.17, 15) is 22.4 Å². The van der Waals surface area contributed by atoms with Crippen LogP contribution in [0.3, 0.4) is 0 Å². The summed E-state index contributed by atoms with van der Waals surface area (Å²) in [5.41, 5.74) is 2.26. The van der Waals surface area contributed by atoms with Gasteiger partial charge in [0.05, 0.1) is 11.9 Å². The zero-order valence-corrected chi connectivity index (χ0v) is 24.5. The van der Waals surface area contributed by atoms with Gasteiger partial charge in [0.15, 0.2) is 0 Å². The summed E-state index contributed by atoms with van der Waals surface area (Å²) in [6.45, 7) is 7.03. The number of hydrogen-bond acceptors (Lipinski definition) is 4. The number of aryl methyl sites for hydroxylation is 1. The second-order valence-electron chi connectivity index (χ2n) is 10.9. The van der Waals surface area contributed by atoms with Crippen LogP contribution in [-0.4, -0.2) is 49.5 Å². The third-order valence-corrected chi connectivity index (χ3v) is 7.49. The molecule has 0 saturated heterocycles. The first kappa shape index (κ1) is 30.8. The third kappa shape index (κ3) is 8.91. The van der Waals surface area contributed by atoms with Crippen LogP contribution in [0.15, 0.2) is 78.9 Å². The van der Waals surface area contributed by atoms with Crippen LogP contribution in [0, 0.1) is 5.82 Å². The van der Waals surface area contributed by atoms with Gasteiger partial charge in [0.1, 0.15) is 18.4 Å². The maximum atomic E-state index is 14.0. The van der Waals surface area contributed by atoms with E-state index in [2.05, 4.69) is 5.32 Å². The fourth-order valence-electron chi connectivity index (χ4n) is 4.30. The number of carbonyl (C=O) groups is 2. The third-order valence-electron chi connectivity index (χ3n) is 6.35. The van der Waals surface area contributed by atoms with E-state index in [1.165, 1.54) is 17.0 Å². The molecule has 3 aromatic carbocycles. The van der Waals surface area contributed by atoms with Gasteiger partial charge in [-0.15, -0.1) is 0 Å². The van der Waals surface area contributed by atoms with Gasteiger partial charge < -0.3 is 10.2 Å². The Morgan fingerprint density at radius 2 is 1.45 bits per heavy atom. The van der Waals surface area contributed by atoms with E-state index in [1.807, 2.05) is 70.2 Å². The van der Waals surface area contributed by atoms with Crippen molar-refractivity contribution in [3.05, 3.63) is 101 Å². The fraction of sp³-hybridized carbons (Fsp3) is 0.355. The van der Waals surface area contributed by atoms with E-state index < -0.39 is 39.9 Å². The number of nitrogens with zero attached hydrogens (tertiary/aromatic N) is 2. The van der Waals surface area contributed by atoms with Gasteiger partial charge in [-0.3, -0.25) is 13.9 Å². The second kappa shape index (κ2) is 13.1. The lowest BCUT2D eigenvalue weighted by Crippen LogP contribution is -2.56. The normalized spacial score (nSPS) is 12.4. The first-order valence-corrected chi connectivity index (χ1v) is 15.1. The highest BCUT2D eigenvalue weighted by molar-refractivity contribution is 7.92. The van der Waals surface area contributed by atoms with Crippen molar-refractivity contribution in [2.24, 2.45) is 0 Å². The molecule has 40 heavy (non-hydrogen) atoms. The summed E-state index contributed by atoms with van der Waals surface area (Å²) in [5.74, 6) is -1.35. The first-order chi connectivity index (χ1) is 18.8. The van der Waals surface area contributed by atoms with Crippen molar-refractivity contribution in [3.63, 3.8) is 0 Å². The molecule has 0 bridgehead atoms. The molecule has 0 saturated carbocycles. The molecule has 3 rings (SSSR count). The van der Waals surface area contributed by atoms with Crippen molar-refractivity contribution in [2.75, 3.05) is 17.1 Å². The molecule has 3 aromatic rings. The van der Waals surface area contributed by atoms with E-state index >= 15 is 0 Å². The Labute approximate surface area is 237 Å². The smallest absolute Gasteiger partial charge is 0.244 e. The molecule has 0 spiro atoms. The maximum Gasteiger partial charge on any atom is 0.244 e. The SMILES string of the molecule is CCc1ccc(N(CC(=O)N(Cc2ccc(F)cc2)[C@H](Cc2ccccc2)C(=O)NC(C)(C)C)S(C)(=O)=O)cc1. The number of carbonyl (C=O) groups excluding carboxylic acids is 2. The van der Waals surface area contributed by atoms with Gasteiger partial charge in [-0.05, 0) is 68.1 Å². The standard InChI is InChI=1S/C31H38FN3O4S/c1-6-23-14-18-27(19-15-23)35(40(5,38)39)22-29(36)34(21-25-12-16-26(32)17-13-25)28(30(37)33-31(2,3)4)20-24-10-8-7-9-11-24/h7-19,28H,6,20-22H2,1-5H3,(H,33,37)/t28-/m1/s1. The van der Waals surface area contributed by atoms with Crippen molar-refractivity contribution in [2.45, 2.75) is 58.7 Å². The number of benzene rings is 3. The highest BCUT2D eigenvalue weighted by Gasteiger charge is 2.34. The van der Waals surface area contributed by atoms with Crippen molar-refractivity contribution in [1.82, 2.24) is 10.2 Å². The molecule has 0 aromatic heterocycles. The van der Waals surface area contributed by atoms with Crippen LogP contribution in [0.1, 0.15) is 44.4 Å². The molecular formula is C31H38FN3O4S. The van der Waals surface area contributed by atoms with Crippen LogP contribution in [0.5, 0.6) is 0 Å². The topological polar surface area (TPSA) is 86.8 Å². The maximum absolute atomic E-state index is 14.0. The highest BCUT2D eigenvalue weighted by Crippen LogP contribution is 2.21. The van der Waals surface area contributed by atoms with Gasteiger partial charge in [-0.1, -0.05) is 61.5 Å². The molecular weight excluding hydrogens is 529 g/mol. The number of halogens is 1. The number of anilines is 1. The summed E-state index contributed by atoms with van der Waals surface area (Å²) in [6, 6.07) is 21.0. The van der Waals surface area contributed by atoms with Crippen molar-refractivity contribution in [3.8, 4) is 0 Å². The number of sulfonamides is 1. The minimum atomic E-state index is -3.84. The Morgan fingerprint density at radius 1 is 0.875 bits per heavy atom. The average Bonchev–Trinajstić information content (AvgIpc) is 2.89. The van der Waals surface area contributed by atoms with Crippen LogP contribution in [0.2, 0.25) is 0 Å². The molecule has 0 fully saturated rings. The number of rotatable bonds is 11. The monoisotopic (exact) mass is 567 g/mol. The van der Waals surface area contributed by atoms with Gasteiger partial charge in [0.25, 0.3) is 0 Å². The highest BCUT2D eigenvalue weighted by atomic mass is 32.2. The molecule has 0 aliphatic rings. The van der Waals surface area contributed by atoms with Crippen LogP contribution in [0.25, 0.3) is 0 Å². The molecule has 1 N–H and O–H groups in total. The minimum absolute atomic E-state index is 0.0133. The molecule has 0 aliphatic heterocycles. The van der Waals surface area contributed by atoms with Crippen molar-refractivity contribution in [1.29, 1.82) is 0 Å². The van der Waals surface area contributed by atoms with Gasteiger partial charge >= 0.3 is 0 Å².